The van der Waals surface area contributed by atoms with Crippen molar-refractivity contribution < 1.29 is 9.63 Å². The standard InChI is InChI=1S/C16H26N6O2/c1-3-15-18-16(24-19-15)13(2)21-9-7-20(8-10-21)11-14(23)12-22-6-4-5-17-22/h4-6,13-14,23H,3,7-12H2,1-2H3/t13-,14+/m1/s1. The van der Waals surface area contributed by atoms with Crippen LogP contribution in [0.2, 0.25) is 0 Å². The van der Waals surface area contributed by atoms with Crippen LogP contribution in [0.4, 0.5) is 0 Å². The topological polar surface area (TPSA) is 83.5 Å². The van der Waals surface area contributed by atoms with Crippen molar-refractivity contribution in [2.75, 3.05) is 32.7 Å². The Morgan fingerprint density at radius 3 is 2.67 bits per heavy atom. The summed E-state index contributed by atoms with van der Waals surface area (Å²) in [4.78, 5) is 9.08. The molecule has 0 amide bonds. The molecule has 0 aromatic carbocycles. The van der Waals surface area contributed by atoms with Crippen molar-refractivity contribution >= 4 is 0 Å². The average Bonchev–Trinajstić information content (AvgIpc) is 3.26. The molecule has 1 fully saturated rings. The third-order valence-corrected chi connectivity index (χ3v) is 4.54. The van der Waals surface area contributed by atoms with Crippen LogP contribution in [0.15, 0.2) is 23.0 Å². The Kier molecular flexibility index (Phi) is 5.60. The molecule has 1 aliphatic rings. The highest BCUT2D eigenvalue weighted by Gasteiger charge is 2.26. The van der Waals surface area contributed by atoms with E-state index in [0.717, 1.165) is 38.4 Å². The van der Waals surface area contributed by atoms with Gasteiger partial charge in [-0.05, 0) is 13.0 Å². The van der Waals surface area contributed by atoms with Crippen LogP contribution in [0.3, 0.4) is 0 Å². The highest BCUT2D eigenvalue weighted by molar-refractivity contribution is 4.93. The summed E-state index contributed by atoms with van der Waals surface area (Å²) in [5.74, 6) is 1.45. The van der Waals surface area contributed by atoms with E-state index in [2.05, 4.69) is 32.0 Å². The van der Waals surface area contributed by atoms with E-state index in [1.165, 1.54) is 0 Å². The van der Waals surface area contributed by atoms with Gasteiger partial charge in [-0.3, -0.25) is 14.5 Å². The van der Waals surface area contributed by atoms with E-state index in [0.29, 0.717) is 19.0 Å². The minimum Gasteiger partial charge on any atom is -0.390 e. The van der Waals surface area contributed by atoms with Gasteiger partial charge in [0.2, 0.25) is 5.89 Å². The van der Waals surface area contributed by atoms with Crippen LogP contribution in [0, 0.1) is 0 Å². The fourth-order valence-corrected chi connectivity index (χ4v) is 3.05. The van der Waals surface area contributed by atoms with E-state index in [1.807, 2.05) is 19.2 Å². The second-order valence-electron chi connectivity index (χ2n) is 6.30. The van der Waals surface area contributed by atoms with Crippen molar-refractivity contribution in [3.63, 3.8) is 0 Å². The Balaban J connectivity index is 1.45. The largest absolute Gasteiger partial charge is 0.390 e. The lowest BCUT2D eigenvalue weighted by Crippen LogP contribution is -2.49. The average molecular weight is 334 g/mol. The van der Waals surface area contributed by atoms with Gasteiger partial charge in [0.1, 0.15) is 0 Å². The summed E-state index contributed by atoms with van der Waals surface area (Å²) in [7, 11) is 0. The summed E-state index contributed by atoms with van der Waals surface area (Å²) in [6.45, 7) is 9.04. The molecule has 0 aliphatic carbocycles. The van der Waals surface area contributed by atoms with Gasteiger partial charge in [-0.1, -0.05) is 12.1 Å². The molecule has 1 aliphatic heterocycles. The van der Waals surface area contributed by atoms with Gasteiger partial charge >= 0.3 is 0 Å². The molecule has 2 aromatic rings. The number of aryl methyl sites for hydroxylation is 1. The van der Waals surface area contributed by atoms with Crippen molar-refractivity contribution in [2.45, 2.75) is 39.0 Å². The lowest BCUT2D eigenvalue weighted by atomic mass is 10.2. The molecule has 24 heavy (non-hydrogen) atoms. The van der Waals surface area contributed by atoms with Gasteiger partial charge in [-0.25, -0.2) is 0 Å². The number of aliphatic hydroxyl groups is 1. The van der Waals surface area contributed by atoms with Gasteiger partial charge in [0.05, 0.1) is 18.7 Å². The molecule has 3 rings (SSSR count). The molecule has 1 N–H and O–H groups in total. The Labute approximate surface area is 142 Å². The van der Waals surface area contributed by atoms with Gasteiger partial charge in [-0.2, -0.15) is 10.1 Å². The summed E-state index contributed by atoms with van der Waals surface area (Å²) in [6, 6.07) is 2.00. The van der Waals surface area contributed by atoms with E-state index >= 15 is 0 Å². The number of β-amino-alcohol motifs (C(OH)–C–C–N with tert-alkyl or cyclic N) is 1. The highest BCUT2D eigenvalue weighted by atomic mass is 16.5. The van der Waals surface area contributed by atoms with E-state index in [4.69, 9.17) is 4.52 Å². The maximum absolute atomic E-state index is 10.2. The molecule has 0 spiro atoms. The first-order chi connectivity index (χ1) is 11.7. The molecule has 1 saturated heterocycles. The van der Waals surface area contributed by atoms with Gasteiger partial charge in [0.25, 0.3) is 0 Å². The van der Waals surface area contributed by atoms with Crippen molar-refractivity contribution in [2.24, 2.45) is 0 Å². The summed E-state index contributed by atoms with van der Waals surface area (Å²) in [5, 5.41) is 18.3. The molecule has 0 radical (unpaired) electrons. The van der Waals surface area contributed by atoms with Crippen LogP contribution in [0.5, 0.6) is 0 Å². The van der Waals surface area contributed by atoms with Crippen LogP contribution in [0.25, 0.3) is 0 Å². The molecule has 8 heteroatoms. The van der Waals surface area contributed by atoms with E-state index < -0.39 is 6.10 Å². The van der Waals surface area contributed by atoms with E-state index in [1.54, 1.807) is 10.9 Å². The minimum atomic E-state index is -0.406. The van der Waals surface area contributed by atoms with E-state index in [9.17, 15) is 5.11 Å². The number of aromatic nitrogens is 4. The normalized spacial score (nSPS) is 19.5. The third kappa shape index (κ3) is 4.19. The predicted octanol–water partition coefficient (Wildman–Crippen LogP) is 0.568. The first-order valence-electron chi connectivity index (χ1n) is 8.60. The SMILES string of the molecule is CCc1noc([C@@H](C)N2CCN(C[C@H](O)Cn3cccn3)CC2)n1. The number of nitrogens with zero attached hydrogens (tertiary/aromatic N) is 6. The molecule has 2 atom stereocenters. The zero-order valence-electron chi connectivity index (χ0n) is 14.4. The molecular formula is C16H26N6O2. The first-order valence-corrected chi connectivity index (χ1v) is 8.60. The third-order valence-electron chi connectivity index (χ3n) is 4.54. The molecular weight excluding hydrogens is 308 g/mol. The van der Waals surface area contributed by atoms with Crippen LogP contribution in [-0.2, 0) is 13.0 Å². The van der Waals surface area contributed by atoms with Crippen LogP contribution < -0.4 is 0 Å². The summed E-state index contributed by atoms with van der Waals surface area (Å²) in [5.41, 5.74) is 0. The van der Waals surface area contributed by atoms with Crippen LogP contribution >= 0.6 is 0 Å². The highest BCUT2D eigenvalue weighted by Crippen LogP contribution is 2.20. The van der Waals surface area contributed by atoms with Gasteiger partial charge < -0.3 is 9.63 Å². The number of piperazine rings is 1. The molecule has 2 aromatic heterocycles. The first kappa shape index (κ1) is 17.1. The van der Waals surface area contributed by atoms with Crippen molar-refractivity contribution in [3.8, 4) is 0 Å². The van der Waals surface area contributed by atoms with Crippen molar-refractivity contribution in [1.29, 1.82) is 0 Å². The quantitative estimate of drug-likeness (QED) is 0.792. The summed E-state index contributed by atoms with van der Waals surface area (Å²) >= 11 is 0. The summed E-state index contributed by atoms with van der Waals surface area (Å²) < 4.78 is 7.12. The van der Waals surface area contributed by atoms with Crippen LogP contribution in [-0.4, -0.2) is 73.7 Å². The lowest BCUT2D eigenvalue weighted by molar-refractivity contribution is 0.0459. The van der Waals surface area contributed by atoms with Gasteiger partial charge in [0, 0.05) is 51.5 Å². The van der Waals surface area contributed by atoms with Gasteiger partial charge in [0.15, 0.2) is 5.82 Å². The lowest BCUT2D eigenvalue weighted by Gasteiger charge is -2.37. The zero-order chi connectivity index (χ0) is 16.9. The molecule has 3 heterocycles. The molecule has 0 bridgehead atoms. The van der Waals surface area contributed by atoms with E-state index in [-0.39, 0.29) is 6.04 Å². The van der Waals surface area contributed by atoms with Gasteiger partial charge in [-0.15, -0.1) is 0 Å². The number of hydrogen-bond acceptors (Lipinski definition) is 7. The Morgan fingerprint density at radius 1 is 1.25 bits per heavy atom. The van der Waals surface area contributed by atoms with Crippen LogP contribution in [0.1, 0.15) is 31.6 Å². The number of aliphatic hydroxyl groups excluding tert-OH is 1. The molecule has 0 unspecified atom stereocenters. The van der Waals surface area contributed by atoms with Crippen molar-refractivity contribution in [1.82, 2.24) is 29.7 Å². The fourth-order valence-electron chi connectivity index (χ4n) is 3.05. The number of hydrogen-bond donors (Lipinski definition) is 1. The maximum atomic E-state index is 10.2. The second-order valence-corrected chi connectivity index (χ2v) is 6.30. The molecule has 132 valence electrons. The maximum Gasteiger partial charge on any atom is 0.243 e. The minimum absolute atomic E-state index is 0.133. The Bertz CT molecular complexity index is 606. The number of rotatable bonds is 7. The smallest absolute Gasteiger partial charge is 0.243 e. The Hall–Kier alpha value is -1.77. The van der Waals surface area contributed by atoms with Crippen molar-refractivity contribution in [3.05, 3.63) is 30.2 Å². The molecule has 0 saturated carbocycles. The zero-order valence-corrected chi connectivity index (χ0v) is 14.4. The monoisotopic (exact) mass is 334 g/mol. The molecule has 8 nitrogen and oxygen atoms in total. The second kappa shape index (κ2) is 7.87. The summed E-state index contributed by atoms with van der Waals surface area (Å²) in [6.07, 6.45) is 3.99. The fraction of sp³-hybridized carbons (Fsp3) is 0.688. The predicted molar refractivity (Wildman–Crippen MR) is 88.3 cm³/mol. The Morgan fingerprint density at radius 2 is 2.04 bits per heavy atom.